The van der Waals surface area contributed by atoms with Crippen LogP contribution in [0.3, 0.4) is 0 Å². The fourth-order valence-electron chi connectivity index (χ4n) is 8.27. The first-order chi connectivity index (χ1) is 27.9. The van der Waals surface area contributed by atoms with E-state index in [-0.39, 0.29) is 18.8 Å². The highest BCUT2D eigenvalue weighted by Gasteiger charge is 2.64. The second-order valence-corrected chi connectivity index (χ2v) is 17.6. The Morgan fingerprint density at radius 3 is 2.45 bits per heavy atom. The molecule has 3 aliphatic rings. The molecule has 2 fully saturated rings. The first-order valence-corrected chi connectivity index (χ1v) is 20.5. The number of aryl methyl sites for hydroxylation is 1. The first-order valence-electron chi connectivity index (χ1n) is 20.1. The zero-order chi connectivity index (χ0) is 44.6. The van der Waals surface area contributed by atoms with Gasteiger partial charge in [-0.2, -0.15) is 13.2 Å². The fourth-order valence-corrected chi connectivity index (χ4v) is 8.51. The van der Waals surface area contributed by atoms with Crippen LogP contribution in [0.4, 0.5) is 18.9 Å². The Balaban J connectivity index is 1.50. The van der Waals surface area contributed by atoms with E-state index in [0.717, 1.165) is 33.7 Å². The summed E-state index contributed by atoms with van der Waals surface area (Å²) in [6.45, 7) is 12.2. The number of amides is 2. The zero-order valence-corrected chi connectivity index (χ0v) is 36.6. The lowest BCUT2D eigenvalue weighted by Crippen LogP contribution is -2.53. The lowest BCUT2D eigenvalue weighted by Gasteiger charge is -2.41. The maximum atomic E-state index is 14.3. The lowest BCUT2D eigenvalue weighted by atomic mass is 9.78. The Morgan fingerprint density at radius 1 is 1.13 bits per heavy atom. The predicted octanol–water partition coefficient (Wildman–Crippen LogP) is 7.60. The van der Waals surface area contributed by atoms with Gasteiger partial charge in [0, 0.05) is 33.5 Å². The molecule has 0 aliphatic carbocycles. The van der Waals surface area contributed by atoms with E-state index in [1.54, 1.807) is 39.1 Å². The molecule has 1 N–H and O–H groups in total. The highest BCUT2D eigenvalue weighted by atomic mass is 35.5. The molecule has 2 aromatic rings. The van der Waals surface area contributed by atoms with E-state index in [2.05, 4.69) is 0 Å². The maximum Gasteiger partial charge on any atom is 0.417 e. The van der Waals surface area contributed by atoms with Crippen molar-refractivity contribution in [2.45, 2.75) is 128 Å². The van der Waals surface area contributed by atoms with E-state index in [4.69, 9.17) is 30.5 Å². The molecule has 60 heavy (non-hydrogen) atoms. The number of carbonyl (C=O) groups excluding carboxylic acids is 4. The Kier molecular flexibility index (Phi) is 14.0. The van der Waals surface area contributed by atoms with Crippen LogP contribution in [0.2, 0.25) is 5.02 Å². The van der Waals surface area contributed by atoms with Crippen LogP contribution >= 0.6 is 11.6 Å². The number of nitrogens with zero attached hydrogens (tertiary/aromatic N) is 2. The van der Waals surface area contributed by atoms with Crippen LogP contribution in [-0.2, 0) is 52.3 Å². The van der Waals surface area contributed by atoms with Gasteiger partial charge in [0.2, 0.25) is 5.91 Å². The number of halogens is 4. The average molecular weight is 861 g/mol. The molecule has 3 heterocycles. The highest BCUT2D eigenvalue weighted by molar-refractivity contribution is 6.34. The number of aliphatic hydroxyl groups is 1. The van der Waals surface area contributed by atoms with Crippen molar-refractivity contribution in [3.05, 3.63) is 87.0 Å². The zero-order valence-electron chi connectivity index (χ0n) is 35.8. The van der Waals surface area contributed by atoms with Gasteiger partial charge >= 0.3 is 18.1 Å². The minimum absolute atomic E-state index is 0.0145. The van der Waals surface area contributed by atoms with Crippen LogP contribution in [0.25, 0.3) is 0 Å². The van der Waals surface area contributed by atoms with E-state index in [0.29, 0.717) is 29.1 Å². The molecule has 2 amide bonds. The summed E-state index contributed by atoms with van der Waals surface area (Å²) in [5, 5.41) is 12.2. The molecule has 0 unspecified atom stereocenters. The summed E-state index contributed by atoms with van der Waals surface area (Å²) in [4.78, 5) is 57.2. The van der Waals surface area contributed by atoms with Crippen LogP contribution in [-0.4, -0.2) is 96.6 Å². The number of ether oxygens (including phenoxy) is 4. The topological polar surface area (TPSA) is 135 Å². The van der Waals surface area contributed by atoms with Crippen molar-refractivity contribution in [1.82, 2.24) is 4.90 Å². The van der Waals surface area contributed by atoms with Gasteiger partial charge in [-0.05, 0) is 81.3 Å². The number of hydrogen-bond acceptors (Lipinski definition) is 9. The molecule has 0 saturated carbocycles. The molecule has 2 saturated heterocycles. The van der Waals surface area contributed by atoms with Gasteiger partial charge in [-0.15, -0.1) is 0 Å². The molecule has 11 nitrogen and oxygen atoms in total. The largest absolute Gasteiger partial charge is 0.462 e. The van der Waals surface area contributed by atoms with Crippen LogP contribution < -0.4 is 4.90 Å². The van der Waals surface area contributed by atoms with Gasteiger partial charge in [0.25, 0.3) is 5.91 Å². The number of allylic oxidation sites excluding steroid dienone is 3. The molecule has 4 bridgehead atoms. The van der Waals surface area contributed by atoms with E-state index >= 15 is 0 Å². The van der Waals surface area contributed by atoms with E-state index < -0.39 is 95.1 Å². The van der Waals surface area contributed by atoms with Gasteiger partial charge in [0.05, 0.1) is 40.8 Å². The van der Waals surface area contributed by atoms with Crippen molar-refractivity contribution >= 4 is 41.0 Å². The molecule has 2 aromatic carbocycles. The average Bonchev–Trinajstić information content (AvgIpc) is 3.86. The maximum absolute atomic E-state index is 14.3. The summed E-state index contributed by atoms with van der Waals surface area (Å²) in [6, 6.07) is 5.84. The van der Waals surface area contributed by atoms with Gasteiger partial charge in [0.15, 0.2) is 0 Å². The van der Waals surface area contributed by atoms with Gasteiger partial charge in [-0.25, -0.2) is 4.79 Å². The van der Waals surface area contributed by atoms with Gasteiger partial charge in [0.1, 0.15) is 35.6 Å². The Morgan fingerprint density at radius 2 is 1.82 bits per heavy atom. The first kappa shape index (κ1) is 46.8. The van der Waals surface area contributed by atoms with Gasteiger partial charge < -0.3 is 33.9 Å². The summed E-state index contributed by atoms with van der Waals surface area (Å²) in [7, 11) is 4.19. The third-order valence-corrected chi connectivity index (χ3v) is 12.5. The minimum atomic E-state index is -4.85. The van der Waals surface area contributed by atoms with Crippen molar-refractivity contribution in [3.8, 4) is 0 Å². The van der Waals surface area contributed by atoms with Gasteiger partial charge in [-0.1, -0.05) is 68.3 Å². The summed E-state index contributed by atoms with van der Waals surface area (Å²) < 4.78 is 66.6. The normalized spacial score (nSPS) is 29.5. The monoisotopic (exact) mass is 860 g/mol. The van der Waals surface area contributed by atoms with E-state index in [9.17, 15) is 37.5 Å². The summed E-state index contributed by atoms with van der Waals surface area (Å²) in [6.07, 6.45) is -3.26. The summed E-state index contributed by atoms with van der Waals surface area (Å²) in [5.74, 6) is -3.72. The Labute approximate surface area is 354 Å². The van der Waals surface area contributed by atoms with E-state index in [1.807, 2.05) is 39.8 Å². The third kappa shape index (κ3) is 10.1. The standard InChI is InChI=1S/C45H56ClF3N2O9/c1-24(2)16-29-14-15-31(32(19-29)45(47,48)49)41(54)50(8)28(6)42(55)59-36-21-37(52)51(9)33-20-30(18-26(4)39(33)46)17-25(3)12-11-13-35(57-10)44(56)22-34(58-38(53)23-44)27(5)40-43(36,7)60-40/h11-15,18-20,24,27-28,34-36,40,56H,16-17,21-23H2,1-10H3/b13-11+,25-12+/t27-,28+,34+,35-,36+,40+,43+,44-/m1/s1. The quantitative estimate of drug-likeness (QED) is 0.221. The second-order valence-electron chi connectivity index (χ2n) is 17.2. The number of hydrogen-bond donors (Lipinski definition) is 1. The van der Waals surface area contributed by atoms with Crippen molar-refractivity contribution < 1.29 is 56.4 Å². The van der Waals surface area contributed by atoms with Crippen LogP contribution in [0.5, 0.6) is 0 Å². The van der Waals surface area contributed by atoms with Crippen molar-refractivity contribution in [1.29, 1.82) is 0 Å². The molecule has 0 spiro atoms. The van der Waals surface area contributed by atoms with Crippen LogP contribution in [0, 0.1) is 18.8 Å². The van der Waals surface area contributed by atoms with Crippen molar-refractivity contribution in [2.24, 2.45) is 11.8 Å². The minimum Gasteiger partial charge on any atom is -0.462 e. The second kappa shape index (κ2) is 18.0. The third-order valence-electron chi connectivity index (χ3n) is 12.0. The number of likely N-dealkylation sites (N-methyl/N-ethyl adjacent to an activating group) is 1. The number of epoxide rings is 1. The summed E-state index contributed by atoms with van der Waals surface area (Å²) >= 11 is 6.77. The highest BCUT2D eigenvalue weighted by Crippen LogP contribution is 2.50. The molecule has 328 valence electrons. The molecule has 5 rings (SSSR count). The number of anilines is 1. The Hall–Kier alpha value is -4.24. The molecule has 0 radical (unpaired) electrons. The fraction of sp³-hybridized carbons (Fsp3) is 0.556. The van der Waals surface area contributed by atoms with Gasteiger partial charge in [-0.3, -0.25) is 14.4 Å². The van der Waals surface area contributed by atoms with Crippen molar-refractivity contribution in [3.63, 3.8) is 0 Å². The number of carbonyl (C=O) groups is 4. The number of rotatable bonds is 7. The number of esters is 2. The molecule has 8 atom stereocenters. The number of fused-ring (bicyclic) bond motifs is 5. The predicted molar refractivity (Wildman–Crippen MR) is 220 cm³/mol. The molecular formula is C45H56ClF3N2O9. The molecule has 3 aliphatic heterocycles. The lowest BCUT2D eigenvalue weighted by molar-refractivity contribution is -0.187. The Bertz CT molecular complexity index is 2050. The molecular weight excluding hydrogens is 805 g/mol. The number of benzene rings is 2. The SMILES string of the molecule is CO[C@@H]1/C=C/C=C(\C)Cc2cc(C)c(Cl)c(c2)N(C)C(=O)C[C@H](OC(=O)[C@H](C)N(C)C(=O)c2ccc(CC(C)C)cc2C(F)(F)F)[C@]2(C)O[C@H]2[C@H](C)[C@@H]2C[C@@]1(O)CC(=O)O2. The number of methoxy groups -OCH3 is 1. The van der Waals surface area contributed by atoms with E-state index in [1.165, 1.54) is 32.0 Å². The smallest absolute Gasteiger partial charge is 0.417 e. The van der Waals surface area contributed by atoms with Crippen molar-refractivity contribution in [2.75, 3.05) is 26.1 Å². The number of alkyl halides is 3. The molecule has 15 heteroatoms. The van der Waals surface area contributed by atoms with Crippen LogP contribution in [0.15, 0.2) is 54.1 Å². The summed E-state index contributed by atoms with van der Waals surface area (Å²) in [5.41, 5.74) is -1.39. The van der Waals surface area contributed by atoms with Crippen LogP contribution in [0.1, 0.15) is 93.4 Å². The molecule has 0 aromatic heterocycles.